The van der Waals surface area contributed by atoms with Crippen LogP contribution in [0.4, 0.5) is 0 Å². The van der Waals surface area contributed by atoms with Crippen LogP contribution in [0.5, 0.6) is 0 Å². The smallest absolute Gasteiger partial charge is 0.339 e. The fourth-order valence-corrected chi connectivity index (χ4v) is 2.96. The largest absolute Gasteiger partial charge is 0.462 e. The standard InChI is InChI=1S/C14H16BrN3O3/c1-2-21-14(19)10-7-12(15)17-13-11(10)8-16-18(13)9-3-5-20-6-4-9/h7-9H,2-6H2,1H3. The van der Waals surface area contributed by atoms with Crippen molar-refractivity contribution in [3.8, 4) is 0 Å². The minimum absolute atomic E-state index is 0.257. The molecular weight excluding hydrogens is 338 g/mol. The van der Waals surface area contributed by atoms with Gasteiger partial charge in [-0.15, -0.1) is 0 Å². The molecule has 7 heteroatoms. The van der Waals surface area contributed by atoms with Crippen LogP contribution in [-0.2, 0) is 9.47 Å². The molecule has 0 N–H and O–H groups in total. The summed E-state index contributed by atoms with van der Waals surface area (Å²) in [6.07, 6.45) is 3.50. The summed E-state index contributed by atoms with van der Waals surface area (Å²) in [5, 5.41) is 5.16. The Labute approximate surface area is 130 Å². The van der Waals surface area contributed by atoms with E-state index in [-0.39, 0.29) is 12.0 Å². The van der Waals surface area contributed by atoms with E-state index >= 15 is 0 Å². The van der Waals surface area contributed by atoms with Crippen LogP contribution in [0.3, 0.4) is 0 Å². The monoisotopic (exact) mass is 353 g/mol. The lowest BCUT2D eigenvalue weighted by Crippen LogP contribution is -2.20. The maximum Gasteiger partial charge on any atom is 0.339 e. The lowest BCUT2D eigenvalue weighted by Gasteiger charge is -2.22. The SMILES string of the molecule is CCOC(=O)c1cc(Br)nc2c1cnn2C1CCOCC1. The number of aromatic nitrogens is 3. The summed E-state index contributed by atoms with van der Waals surface area (Å²) in [7, 11) is 0. The Morgan fingerprint density at radius 3 is 3.00 bits per heavy atom. The van der Waals surface area contributed by atoms with Crippen molar-refractivity contribution in [3.63, 3.8) is 0 Å². The maximum atomic E-state index is 12.1. The van der Waals surface area contributed by atoms with Gasteiger partial charge in [0.25, 0.3) is 0 Å². The number of halogens is 1. The second-order valence-corrected chi connectivity index (χ2v) is 5.70. The number of esters is 1. The van der Waals surface area contributed by atoms with E-state index in [9.17, 15) is 4.79 Å². The fraction of sp³-hybridized carbons (Fsp3) is 0.500. The van der Waals surface area contributed by atoms with Gasteiger partial charge in [-0.2, -0.15) is 5.10 Å². The summed E-state index contributed by atoms with van der Waals surface area (Å²) in [6.45, 7) is 3.58. The molecule has 1 fully saturated rings. The molecule has 0 unspecified atom stereocenters. The molecule has 2 aromatic rings. The number of fused-ring (bicyclic) bond motifs is 1. The predicted molar refractivity (Wildman–Crippen MR) is 80.3 cm³/mol. The zero-order valence-corrected chi connectivity index (χ0v) is 13.3. The van der Waals surface area contributed by atoms with E-state index in [1.807, 2.05) is 4.68 Å². The van der Waals surface area contributed by atoms with E-state index in [0.717, 1.165) is 31.4 Å². The lowest BCUT2D eigenvalue weighted by molar-refractivity contribution is 0.0528. The molecule has 0 aromatic carbocycles. The highest BCUT2D eigenvalue weighted by Gasteiger charge is 2.22. The minimum atomic E-state index is -0.350. The van der Waals surface area contributed by atoms with Gasteiger partial charge in [0.15, 0.2) is 5.65 Å². The summed E-state index contributed by atoms with van der Waals surface area (Å²) in [4.78, 5) is 16.6. The van der Waals surface area contributed by atoms with Crippen molar-refractivity contribution >= 4 is 32.9 Å². The molecule has 0 saturated carbocycles. The molecule has 1 aliphatic heterocycles. The highest BCUT2D eigenvalue weighted by molar-refractivity contribution is 9.10. The third-order valence-electron chi connectivity index (χ3n) is 3.57. The van der Waals surface area contributed by atoms with Crippen molar-refractivity contribution < 1.29 is 14.3 Å². The fourth-order valence-electron chi connectivity index (χ4n) is 2.56. The molecule has 0 amide bonds. The molecular formula is C14H16BrN3O3. The summed E-state index contributed by atoms with van der Waals surface area (Å²) >= 11 is 3.36. The van der Waals surface area contributed by atoms with E-state index < -0.39 is 0 Å². The van der Waals surface area contributed by atoms with Crippen molar-refractivity contribution in [2.75, 3.05) is 19.8 Å². The Hall–Kier alpha value is -1.47. The Balaban J connectivity index is 2.06. The highest BCUT2D eigenvalue weighted by Crippen LogP contribution is 2.27. The number of carbonyl (C=O) groups excluding carboxylic acids is 1. The van der Waals surface area contributed by atoms with Crippen molar-refractivity contribution in [1.82, 2.24) is 14.8 Å². The molecule has 1 aliphatic rings. The number of ether oxygens (including phenoxy) is 2. The number of hydrogen-bond acceptors (Lipinski definition) is 5. The summed E-state index contributed by atoms with van der Waals surface area (Å²) in [5.41, 5.74) is 1.20. The first-order valence-electron chi connectivity index (χ1n) is 6.99. The van der Waals surface area contributed by atoms with Crippen molar-refractivity contribution in [3.05, 3.63) is 22.4 Å². The van der Waals surface area contributed by atoms with E-state index in [1.165, 1.54) is 0 Å². The summed E-state index contributed by atoms with van der Waals surface area (Å²) in [6, 6.07) is 1.93. The molecule has 0 atom stereocenters. The zero-order chi connectivity index (χ0) is 14.8. The normalized spacial score (nSPS) is 16.3. The van der Waals surface area contributed by atoms with Crippen LogP contribution in [0.25, 0.3) is 11.0 Å². The summed E-state index contributed by atoms with van der Waals surface area (Å²) < 4.78 is 13.0. The average molecular weight is 354 g/mol. The first-order valence-corrected chi connectivity index (χ1v) is 7.78. The van der Waals surface area contributed by atoms with Gasteiger partial charge in [-0.3, -0.25) is 0 Å². The number of rotatable bonds is 3. The van der Waals surface area contributed by atoms with Gasteiger partial charge >= 0.3 is 5.97 Å². The topological polar surface area (TPSA) is 66.2 Å². The van der Waals surface area contributed by atoms with Gasteiger partial charge in [-0.1, -0.05) is 0 Å². The summed E-state index contributed by atoms with van der Waals surface area (Å²) in [5.74, 6) is -0.350. The molecule has 3 rings (SSSR count). The highest BCUT2D eigenvalue weighted by atomic mass is 79.9. The molecule has 112 valence electrons. The second kappa shape index (κ2) is 6.11. The molecule has 2 aromatic heterocycles. The van der Waals surface area contributed by atoms with Gasteiger partial charge in [0.2, 0.25) is 0 Å². The van der Waals surface area contributed by atoms with Gasteiger partial charge in [-0.05, 0) is 41.8 Å². The van der Waals surface area contributed by atoms with Gasteiger partial charge in [0, 0.05) is 13.2 Å². The van der Waals surface area contributed by atoms with Crippen LogP contribution < -0.4 is 0 Å². The number of pyridine rings is 1. The zero-order valence-electron chi connectivity index (χ0n) is 11.7. The first-order chi connectivity index (χ1) is 10.2. The number of nitrogens with zero attached hydrogens (tertiary/aromatic N) is 3. The van der Waals surface area contributed by atoms with E-state index in [2.05, 4.69) is 26.0 Å². The van der Waals surface area contributed by atoms with Gasteiger partial charge in [-0.25, -0.2) is 14.5 Å². The van der Waals surface area contributed by atoms with Crippen LogP contribution >= 0.6 is 15.9 Å². The van der Waals surface area contributed by atoms with Crippen molar-refractivity contribution in [1.29, 1.82) is 0 Å². The number of hydrogen-bond donors (Lipinski definition) is 0. The average Bonchev–Trinajstić information content (AvgIpc) is 2.91. The molecule has 6 nitrogen and oxygen atoms in total. The molecule has 1 saturated heterocycles. The Kier molecular flexibility index (Phi) is 4.21. The Bertz CT molecular complexity index is 665. The van der Waals surface area contributed by atoms with Crippen LogP contribution in [-0.4, -0.2) is 40.6 Å². The lowest BCUT2D eigenvalue weighted by atomic mass is 10.1. The van der Waals surface area contributed by atoms with Gasteiger partial charge < -0.3 is 9.47 Å². The molecule has 0 aliphatic carbocycles. The molecule has 0 radical (unpaired) electrons. The third-order valence-corrected chi connectivity index (χ3v) is 3.97. The third kappa shape index (κ3) is 2.80. The molecule has 0 bridgehead atoms. The van der Waals surface area contributed by atoms with Crippen LogP contribution in [0, 0.1) is 0 Å². The van der Waals surface area contributed by atoms with Crippen molar-refractivity contribution in [2.45, 2.75) is 25.8 Å². The van der Waals surface area contributed by atoms with Gasteiger partial charge in [0.05, 0.1) is 29.8 Å². The van der Waals surface area contributed by atoms with E-state index in [4.69, 9.17) is 9.47 Å². The first kappa shape index (κ1) is 14.5. The number of carbonyl (C=O) groups is 1. The van der Waals surface area contributed by atoms with Gasteiger partial charge in [0.1, 0.15) is 4.60 Å². The van der Waals surface area contributed by atoms with E-state index in [0.29, 0.717) is 22.4 Å². The van der Waals surface area contributed by atoms with Crippen LogP contribution in [0.15, 0.2) is 16.9 Å². The van der Waals surface area contributed by atoms with Crippen LogP contribution in [0.1, 0.15) is 36.2 Å². The van der Waals surface area contributed by atoms with Crippen LogP contribution in [0.2, 0.25) is 0 Å². The quantitative estimate of drug-likeness (QED) is 0.626. The Morgan fingerprint density at radius 1 is 1.52 bits per heavy atom. The minimum Gasteiger partial charge on any atom is -0.462 e. The molecule has 0 spiro atoms. The second-order valence-electron chi connectivity index (χ2n) is 4.88. The Morgan fingerprint density at radius 2 is 2.29 bits per heavy atom. The van der Waals surface area contributed by atoms with E-state index in [1.54, 1.807) is 19.2 Å². The predicted octanol–water partition coefficient (Wildman–Crippen LogP) is 2.72. The maximum absolute atomic E-state index is 12.1. The molecule has 21 heavy (non-hydrogen) atoms. The van der Waals surface area contributed by atoms with Crippen molar-refractivity contribution in [2.24, 2.45) is 0 Å². The molecule has 3 heterocycles.